The van der Waals surface area contributed by atoms with Crippen molar-refractivity contribution in [2.75, 3.05) is 0 Å². The van der Waals surface area contributed by atoms with E-state index in [9.17, 15) is 0 Å². The van der Waals surface area contributed by atoms with Crippen molar-refractivity contribution in [3.63, 3.8) is 0 Å². The fourth-order valence-corrected chi connectivity index (χ4v) is 1.58. The molecule has 0 heterocycles. The lowest BCUT2D eigenvalue weighted by atomic mass is 10.1. The standard InChI is InChI=1S/C8H18.C7H10O.2C2H6/c1-3-5-7-8-6-4-2;1-6-2-4-7(8)5-3-6;2*1-2/h3-8H2,1-2H3;2,4,8H,3,5H2,1H3;2*1-2H3. The topological polar surface area (TPSA) is 20.2 Å². The molecule has 0 aromatic heterocycles. The fourth-order valence-electron chi connectivity index (χ4n) is 1.58. The minimum atomic E-state index is 0.510. The highest BCUT2D eigenvalue weighted by Crippen LogP contribution is 2.14. The summed E-state index contributed by atoms with van der Waals surface area (Å²) in [6.07, 6.45) is 14.0. The van der Waals surface area contributed by atoms with E-state index in [0.29, 0.717) is 5.76 Å². The highest BCUT2D eigenvalue weighted by molar-refractivity contribution is 5.18. The molecule has 0 aromatic carbocycles. The van der Waals surface area contributed by atoms with Gasteiger partial charge in [-0.3, -0.25) is 0 Å². The molecule has 0 amide bonds. The Kier molecular flexibility index (Phi) is 28.4. The summed E-state index contributed by atoms with van der Waals surface area (Å²) in [4.78, 5) is 0. The van der Waals surface area contributed by atoms with Gasteiger partial charge in [0.15, 0.2) is 0 Å². The first kappa shape index (κ1) is 24.3. The molecule has 0 unspecified atom stereocenters. The highest BCUT2D eigenvalue weighted by Gasteiger charge is 1.98. The Morgan fingerprint density at radius 1 is 0.800 bits per heavy atom. The van der Waals surface area contributed by atoms with Crippen molar-refractivity contribution >= 4 is 0 Å². The largest absolute Gasteiger partial charge is 0.512 e. The predicted octanol–water partition coefficient (Wildman–Crippen LogP) is 7.59. The Balaban J connectivity index is -0.000000231. The normalized spacial score (nSPS) is 12.3. The molecule has 0 saturated heterocycles. The van der Waals surface area contributed by atoms with Gasteiger partial charge in [-0.15, -0.1) is 0 Å². The molecule has 1 aliphatic carbocycles. The van der Waals surface area contributed by atoms with E-state index in [-0.39, 0.29) is 0 Å². The third-order valence-corrected chi connectivity index (χ3v) is 2.79. The first-order valence-corrected chi connectivity index (χ1v) is 8.76. The number of aliphatic hydroxyl groups is 1. The summed E-state index contributed by atoms with van der Waals surface area (Å²) in [5.74, 6) is 0.510. The van der Waals surface area contributed by atoms with E-state index < -0.39 is 0 Å². The maximum absolute atomic E-state index is 8.84. The molecule has 0 fully saturated rings. The quantitative estimate of drug-likeness (QED) is 0.515. The van der Waals surface area contributed by atoms with Crippen LogP contribution in [0.25, 0.3) is 0 Å². The van der Waals surface area contributed by atoms with Crippen molar-refractivity contribution in [2.45, 2.75) is 99.8 Å². The van der Waals surface area contributed by atoms with Crippen LogP contribution in [0.5, 0.6) is 0 Å². The molecule has 1 rings (SSSR count). The molecular formula is C19H40O. The lowest BCUT2D eigenvalue weighted by molar-refractivity contribution is 0.386. The Morgan fingerprint density at radius 2 is 1.25 bits per heavy atom. The summed E-state index contributed by atoms with van der Waals surface area (Å²) in [6.45, 7) is 14.6. The third-order valence-electron chi connectivity index (χ3n) is 2.79. The van der Waals surface area contributed by atoms with E-state index >= 15 is 0 Å². The molecule has 0 bridgehead atoms. The first-order chi connectivity index (χ1) is 9.70. The van der Waals surface area contributed by atoms with E-state index in [1.54, 1.807) is 6.08 Å². The summed E-state index contributed by atoms with van der Waals surface area (Å²) in [7, 11) is 0. The Hall–Kier alpha value is -0.720. The van der Waals surface area contributed by atoms with Crippen LogP contribution in [0.2, 0.25) is 0 Å². The van der Waals surface area contributed by atoms with Gasteiger partial charge in [-0.1, -0.05) is 91.7 Å². The van der Waals surface area contributed by atoms with Crippen LogP contribution >= 0.6 is 0 Å². The van der Waals surface area contributed by atoms with Gasteiger partial charge < -0.3 is 5.11 Å². The van der Waals surface area contributed by atoms with E-state index in [2.05, 4.69) is 20.8 Å². The lowest BCUT2D eigenvalue weighted by Crippen LogP contribution is -1.88. The van der Waals surface area contributed by atoms with E-state index in [4.69, 9.17) is 5.11 Å². The van der Waals surface area contributed by atoms with Gasteiger partial charge in [0, 0.05) is 6.42 Å². The first-order valence-electron chi connectivity index (χ1n) is 8.76. The SMILES string of the molecule is CC.CC.CC1=CC=C(O)CC1.CCCCCCCC. The van der Waals surface area contributed by atoms with Gasteiger partial charge in [0.25, 0.3) is 0 Å². The van der Waals surface area contributed by atoms with Crippen LogP contribution < -0.4 is 0 Å². The number of aliphatic hydroxyl groups excluding tert-OH is 1. The Bertz CT molecular complexity index is 190. The number of allylic oxidation sites excluding steroid dienone is 4. The zero-order valence-electron chi connectivity index (χ0n) is 15.3. The van der Waals surface area contributed by atoms with Crippen LogP contribution in [-0.4, -0.2) is 5.11 Å². The van der Waals surface area contributed by atoms with Gasteiger partial charge in [0.2, 0.25) is 0 Å². The van der Waals surface area contributed by atoms with Crippen molar-refractivity contribution < 1.29 is 5.11 Å². The summed E-state index contributed by atoms with van der Waals surface area (Å²) in [6, 6.07) is 0. The fraction of sp³-hybridized carbons (Fsp3) is 0.789. The maximum atomic E-state index is 8.84. The second-order valence-corrected chi connectivity index (χ2v) is 4.59. The molecule has 1 N–H and O–H groups in total. The molecule has 0 spiro atoms. The van der Waals surface area contributed by atoms with E-state index in [1.165, 1.54) is 44.1 Å². The molecule has 0 atom stereocenters. The summed E-state index contributed by atoms with van der Waals surface area (Å²) < 4.78 is 0. The van der Waals surface area contributed by atoms with Gasteiger partial charge in [-0.05, 0) is 19.4 Å². The molecule has 0 saturated carbocycles. The van der Waals surface area contributed by atoms with E-state index in [0.717, 1.165) is 12.8 Å². The van der Waals surface area contributed by atoms with Gasteiger partial charge in [-0.2, -0.15) is 0 Å². The Labute approximate surface area is 129 Å². The number of hydrogen-bond donors (Lipinski definition) is 1. The van der Waals surface area contributed by atoms with Crippen molar-refractivity contribution in [3.05, 3.63) is 23.5 Å². The van der Waals surface area contributed by atoms with Crippen LogP contribution in [0.4, 0.5) is 0 Å². The van der Waals surface area contributed by atoms with Gasteiger partial charge in [0.05, 0.1) is 5.76 Å². The molecular weight excluding hydrogens is 244 g/mol. The average molecular weight is 285 g/mol. The average Bonchev–Trinajstić information content (AvgIpc) is 2.52. The summed E-state index contributed by atoms with van der Waals surface area (Å²) in [5, 5.41) is 8.84. The summed E-state index contributed by atoms with van der Waals surface area (Å²) >= 11 is 0. The zero-order chi connectivity index (χ0) is 16.2. The molecule has 0 aliphatic heterocycles. The predicted molar refractivity (Wildman–Crippen MR) is 95.4 cm³/mol. The third kappa shape index (κ3) is 22.5. The summed E-state index contributed by atoms with van der Waals surface area (Å²) in [5.41, 5.74) is 1.35. The minimum Gasteiger partial charge on any atom is -0.512 e. The van der Waals surface area contributed by atoms with Crippen LogP contribution in [-0.2, 0) is 0 Å². The minimum absolute atomic E-state index is 0.510. The van der Waals surface area contributed by atoms with Crippen molar-refractivity contribution in [3.8, 4) is 0 Å². The van der Waals surface area contributed by atoms with Crippen LogP contribution in [0, 0.1) is 0 Å². The zero-order valence-corrected chi connectivity index (χ0v) is 15.3. The lowest BCUT2D eigenvalue weighted by Gasteiger charge is -2.04. The van der Waals surface area contributed by atoms with Crippen LogP contribution in [0.3, 0.4) is 0 Å². The van der Waals surface area contributed by atoms with Gasteiger partial charge in [0.1, 0.15) is 0 Å². The van der Waals surface area contributed by atoms with Gasteiger partial charge in [-0.25, -0.2) is 0 Å². The molecule has 1 heteroatoms. The smallest absolute Gasteiger partial charge is 0.0925 e. The van der Waals surface area contributed by atoms with Crippen molar-refractivity contribution in [1.29, 1.82) is 0 Å². The van der Waals surface area contributed by atoms with Crippen molar-refractivity contribution in [1.82, 2.24) is 0 Å². The molecule has 20 heavy (non-hydrogen) atoms. The maximum Gasteiger partial charge on any atom is 0.0925 e. The highest BCUT2D eigenvalue weighted by atomic mass is 16.3. The van der Waals surface area contributed by atoms with E-state index in [1.807, 2.05) is 33.8 Å². The molecule has 0 aromatic rings. The monoisotopic (exact) mass is 284 g/mol. The second kappa shape index (κ2) is 23.4. The number of rotatable bonds is 5. The molecule has 122 valence electrons. The number of hydrogen-bond acceptors (Lipinski definition) is 1. The van der Waals surface area contributed by atoms with Crippen LogP contribution in [0.1, 0.15) is 99.8 Å². The van der Waals surface area contributed by atoms with Gasteiger partial charge >= 0.3 is 0 Å². The molecule has 1 nitrogen and oxygen atoms in total. The number of unbranched alkanes of at least 4 members (excludes halogenated alkanes) is 5. The Morgan fingerprint density at radius 3 is 1.50 bits per heavy atom. The molecule has 0 radical (unpaired) electrons. The van der Waals surface area contributed by atoms with Crippen LogP contribution in [0.15, 0.2) is 23.5 Å². The van der Waals surface area contributed by atoms with Crippen molar-refractivity contribution in [2.24, 2.45) is 0 Å². The molecule has 1 aliphatic rings. The second-order valence-electron chi connectivity index (χ2n) is 4.59.